The summed E-state index contributed by atoms with van der Waals surface area (Å²) in [6.07, 6.45) is 1.92. The molecule has 0 unspecified atom stereocenters. The van der Waals surface area contributed by atoms with Gasteiger partial charge in [0, 0.05) is 13.1 Å². The molecule has 1 aliphatic rings. The number of nitrogens with zero attached hydrogens (tertiary/aromatic N) is 3. The summed E-state index contributed by atoms with van der Waals surface area (Å²) in [4.78, 5) is 26.3. The van der Waals surface area contributed by atoms with Crippen LogP contribution in [0.2, 0.25) is 0 Å². The van der Waals surface area contributed by atoms with Crippen LogP contribution in [0.3, 0.4) is 0 Å². The molecule has 1 fully saturated rings. The number of aryl methyl sites for hydroxylation is 1. The topological polar surface area (TPSA) is 87.2 Å². The van der Waals surface area contributed by atoms with E-state index in [4.69, 9.17) is 0 Å². The van der Waals surface area contributed by atoms with Crippen molar-refractivity contribution in [2.75, 3.05) is 23.7 Å². The van der Waals surface area contributed by atoms with E-state index in [1.807, 2.05) is 0 Å². The number of amides is 3. The van der Waals surface area contributed by atoms with Crippen LogP contribution < -0.4 is 10.6 Å². The van der Waals surface area contributed by atoms with Crippen LogP contribution in [0.15, 0.2) is 18.2 Å². The second-order valence-corrected chi connectivity index (χ2v) is 6.58. The fraction of sp³-hybridized carbons (Fsp3) is 0.333. The van der Waals surface area contributed by atoms with Crippen LogP contribution in [-0.2, 0) is 0 Å². The van der Waals surface area contributed by atoms with E-state index in [-0.39, 0.29) is 17.3 Å². The van der Waals surface area contributed by atoms with Crippen LogP contribution in [0.4, 0.5) is 20.0 Å². The Morgan fingerprint density at radius 2 is 1.96 bits per heavy atom. The molecule has 0 radical (unpaired) electrons. The summed E-state index contributed by atoms with van der Waals surface area (Å²) in [6, 6.07) is 3.37. The lowest BCUT2D eigenvalue weighted by Crippen LogP contribution is -2.32. The number of carbonyl (C=O) groups is 2. The van der Waals surface area contributed by atoms with E-state index >= 15 is 0 Å². The lowest BCUT2D eigenvalue weighted by atomic mass is 10.1. The Bertz CT molecular complexity index is 773. The highest BCUT2D eigenvalue weighted by Gasteiger charge is 2.21. The van der Waals surface area contributed by atoms with Gasteiger partial charge >= 0.3 is 6.03 Å². The zero-order valence-electron chi connectivity index (χ0n) is 13.0. The van der Waals surface area contributed by atoms with Crippen LogP contribution in [0.25, 0.3) is 0 Å². The molecule has 1 aromatic carbocycles. The van der Waals surface area contributed by atoms with Crippen molar-refractivity contribution >= 4 is 34.1 Å². The van der Waals surface area contributed by atoms with Crippen LogP contribution in [0.1, 0.15) is 28.2 Å². The van der Waals surface area contributed by atoms with Crippen molar-refractivity contribution in [1.82, 2.24) is 15.1 Å². The average Bonchev–Trinajstić information content (AvgIpc) is 3.21. The maximum Gasteiger partial charge on any atom is 0.321 e. The third-order valence-electron chi connectivity index (χ3n) is 3.61. The Labute approximate surface area is 141 Å². The molecule has 0 bridgehead atoms. The first-order chi connectivity index (χ1) is 11.5. The predicted octanol–water partition coefficient (Wildman–Crippen LogP) is 2.87. The number of urea groups is 1. The summed E-state index contributed by atoms with van der Waals surface area (Å²) >= 11 is 1.21. The van der Waals surface area contributed by atoms with E-state index in [0.717, 1.165) is 18.9 Å². The molecule has 1 saturated heterocycles. The first-order valence-electron chi connectivity index (χ1n) is 7.50. The Morgan fingerprint density at radius 1 is 1.21 bits per heavy atom. The van der Waals surface area contributed by atoms with Gasteiger partial charge in [0.25, 0.3) is 5.91 Å². The summed E-state index contributed by atoms with van der Waals surface area (Å²) in [5.41, 5.74) is 0.294. The van der Waals surface area contributed by atoms with Crippen LogP contribution >= 0.6 is 11.3 Å². The molecule has 0 aliphatic carbocycles. The van der Waals surface area contributed by atoms with Crippen molar-refractivity contribution < 1.29 is 14.0 Å². The van der Waals surface area contributed by atoms with Gasteiger partial charge in [-0.15, -0.1) is 10.2 Å². The summed E-state index contributed by atoms with van der Waals surface area (Å²) in [5, 5.41) is 13.9. The molecular formula is C15H16FN5O2S. The molecule has 0 atom stereocenters. The van der Waals surface area contributed by atoms with Crippen molar-refractivity contribution in [1.29, 1.82) is 0 Å². The number of carbonyl (C=O) groups excluding carboxylic acids is 2. The summed E-state index contributed by atoms with van der Waals surface area (Å²) in [5.74, 6) is -1.12. The van der Waals surface area contributed by atoms with Crippen molar-refractivity contribution in [3.63, 3.8) is 0 Å². The molecule has 24 heavy (non-hydrogen) atoms. The van der Waals surface area contributed by atoms with Crippen molar-refractivity contribution in [3.05, 3.63) is 34.6 Å². The van der Waals surface area contributed by atoms with Gasteiger partial charge in [0.2, 0.25) is 5.13 Å². The van der Waals surface area contributed by atoms with Crippen molar-refractivity contribution in [2.45, 2.75) is 19.8 Å². The number of likely N-dealkylation sites (tertiary alicyclic amines) is 1. The maximum atomic E-state index is 13.6. The van der Waals surface area contributed by atoms with Crippen molar-refractivity contribution in [2.24, 2.45) is 0 Å². The monoisotopic (exact) mass is 349 g/mol. The molecule has 3 rings (SSSR count). The SMILES string of the molecule is Cc1nnc(NC(=O)c2cc(F)ccc2NC(=O)N2CCCC2)s1. The second kappa shape index (κ2) is 6.91. The molecule has 2 aromatic rings. The highest BCUT2D eigenvalue weighted by molar-refractivity contribution is 7.15. The summed E-state index contributed by atoms with van der Waals surface area (Å²) in [6.45, 7) is 3.12. The van der Waals surface area contributed by atoms with Crippen molar-refractivity contribution in [3.8, 4) is 0 Å². The number of hydrogen-bond acceptors (Lipinski definition) is 5. The zero-order chi connectivity index (χ0) is 17.1. The van der Waals surface area contributed by atoms with E-state index in [1.54, 1.807) is 11.8 Å². The van der Waals surface area contributed by atoms with E-state index < -0.39 is 11.7 Å². The molecule has 0 saturated carbocycles. The van der Waals surface area contributed by atoms with Crippen LogP contribution in [0.5, 0.6) is 0 Å². The third kappa shape index (κ3) is 3.67. The van der Waals surface area contributed by atoms with Gasteiger partial charge in [0.15, 0.2) is 0 Å². The van der Waals surface area contributed by atoms with Gasteiger partial charge in [-0.1, -0.05) is 11.3 Å². The Hall–Kier alpha value is -2.55. The number of aromatic nitrogens is 2. The Kier molecular flexibility index (Phi) is 4.70. The van der Waals surface area contributed by atoms with Gasteiger partial charge in [-0.05, 0) is 38.0 Å². The third-order valence-corrected chi connectivity index (χ3v) is 4.36. The minimum atomic E-state index is -0.562. The first kappa shape index (κ1) is 16.3. The number of halogens is 1. The summed E-state index contributed by atoms with van der Waals surface area (Å²) < 4.78 is 13.6. The number of rotatable bonds is 3. The Morgan fingerprint density at radius 3 is 2.62 bits per heavy atom. The molecule has 9 heteroatoms. The quantitative estimate of drug-likeness (QED) is 0.892. The minimum absolute atomic E-state index is 0.0374. The minimum Gasteiger partial charge on any atom is -0.325 e. The van der Waals surface area contributed by atoms with E-state index in [0.29, 0.717) is 23.2 Å². The zero-order valence-corrected chi connectivity index (χ0v) is 13.8. The van der Waals surface area contributed by atoms with Gasteiger partial charge in [-0.25, -0.2) is 9.18 Å². The van der Waals surface area contributed by atoms with Gasteiger partial charge in [0.1, 0.15) is 10.8 Å². The Balaban J connectivity index is 1.79. The van der Waals surface area contributed by atoms with Gasteiger partial charge < -0.3 is 10.2 Å². The lowest BCUT2D eigenvalue weighted by molar-refractivity contribution is 0.102. The van der Waals surface area contributed by atoms with E-state index in [1.165, 1.54) is 23.5 Å². The fourth-order valence-corrected chi connectivity index (χ4v) is 3.03. The molecule has 1 aromatic heterocycles. The normalized spacial score (nSPS) is 13.8. The maximum absolute atomic E-state index is 13.6. The smallest absolute Gasteiger partial charge is 0.321 e. The van der Waals surface area contributed by atoms with Gasteiger partial charge in [-0.2, -0.15) is 0 Å². The molecule has 0 spiro atoms. The van der Waals surface area contributed by atoms with Gasteiger partial charge in [0.05, 0.1) is 11.3 Å². The fourth-order valence-electron chi connectivity index (χ4n) is 2.44. The number of benzene rings is 1. The molecule has 3 amide bonds. The van der Waals surface area contributed by atoms with Crippen LogP contribution in [0, 0.1) is 12.7 Å². The number of hydrogen-bond donors (Lipinski definition) is 2. The largest absolute Gasteiger partial charge is 0.325 e. The molecular weight excluding hydrogens is 333 g/mol. The van der Waals surface area contributed by atoms with E-state index in [2.05, 4.69) is 20.8 Å². The van der Waals surface area contributed by atoms with Crippen LogP contribution in [-0.4, -0.2) is 40.1 Å². The highest BCUT2D eigenvalue weighted by atomic mass is 32.1. The molecule has 1 aliphatic heterocycles. The second-order valence-electron chi connectivity index (χ2n) is 5.39. The first-order valence-corrected chi connectivity index (χ1v) is 8.31. The van der Waals surface area contributed by atoms with E-state index in [9.17, 15) is 14.0 Å². The number of nitrogens with one attached hydrogen (secondary N) is 2. The van der Waals surface area contributed by atoms with Gasteiger partial charge in [-0.3, -0.25) is 10.1 Å². The number of anilines is 2. The summed E-state index contributed by atoms with van der Waals surface area (Å²) in [7, 11) is 0. The predicted molar refractivity (Wildman–Crippen MR) is 88.8 cm³/mol. The average molecular weight is 349 g/mol. The molecule has 7 nitrogen and oxygen atoms in total. The molecule has 2 heterocycles. The lowest BCUT2D eigenvalue weighted by Gasteiger charge is -2.17. The molecule has 126 valence electrons. The standard InChI is InChI=1S/C15H16FN5O2S/c1-9-19-20-14(24-9)18-13(22)11-8-10(16)4-5-12(11)17-15(23)21-6-2-3-7-21/h4-5,8H,2-3,6-7H2,1H3,(H,17,23)(H,18,20,22). The highest BCUT2D eigenvalue weighted by Crippen LogP contribution is 2.21. The molecule has 2 N–H and O–H groups in total.